The fourth-order valence-electron chi connectivity index (χ4n) is 3.38. The molecule has 2 rings (SSSR count). The molecule has 0 saturated carbocycles. The first-order valence-electron chi connectivity index (χ1n) is 10.5. The van der Waals surface area contributed by atoms with Crippen molar-refractivity contribution in [3.05, 3.63) is 29.8 Å². The van der Waals surface area contributed by atoms with Gasteiger partial charge in [0.15, 0.2) is 5.96 Å². The highest BCUT2D eigenvalue weighted by molar-refractivity contribution is 14.0. The van der Waals surface area contributed by atoms with Crippen molar-refractivity contribution in [1.82, 2.24) is 20.4 Å². The molecule has 31 heavy (non-hydrogen) atoms. The topological polar surface area (TPSA) is 86.3 Å². The van der Waals surface area contributed by atoms with E-state index in [2.05, 4.69) is 32.7 Å². The first-order chi connectivity index (χ1) is 14.4. The summed E-state index contributed by atoms with van der Waals surface area (Å²) in [6, 6.07) is 8.02. The van der Waals surface area contributed by atoms with Gasteiger partial charge in [-0.05, 0) is 42.9 Å². The van der Waals surface area contributed by atoms with Crippen LogP contribution in [0, 0.1) is 5.92 Å². The number of carbonyl (C=O) groups is 2. The second-order valence-corrected chi connectivity index (χ2v) is 7.76. The molecule has 0 bridgehead atoms. The van der Waals surface area contributed by atoms with Crippen molar-refractivity contribution in [2.24, 2.45) is 10.9 Å². The van der Waals surface area contributed by atoms with Gasteiger partial charge in [0.25, 0.3) is 0 Å². The molecule has 1 aliphatic heterocycles. The lowest BCUT2D eigenvalue weighted by Gasteiger charge is -2.34. The van der Waals surface area contributed by atoms with Crippen LogP contribution in [0.1, 0.15) is 24.8 Å². The van der Waals surface area contributed by atoms with Crippen LogP contribution in [-0.2, 0) is 16.0 Å². The van der Waals surface area contributed by atoms with Gasteiger partial charge in [-0.1, -0.05) is 12.1 Å². The smallest absolute Gasteiger partial charge is 0.243 e. The standard InChI is InChI=1S/C22H35N5O3.HI/c1-23-20(28)15-18-10-13-27(14-11-18)22(25-16-21(29)26(2)3)24-12-9-17-5-7-19(30-4)8-6-17;/h5-8,18H,9-16H2,1-4H3,(H,23,28)(H,24,25);1H. The number of likely N-dealkylation sites (N-methyl/N-ethyl adjacent to an activating group) is 1. The molecular weight excluding hydrogens is 509 g/mol. The lowest BCUT2D eigenvalue weighted by atomic mass is 9.93. The Bertz CT molecular complexity index is 716. The van der Waals surface area contributed by atoms with E-state index >= 15 is 0 Å². The number of carbonyl (C=O) groups excluding carboxylic acids is 2. The van der Waals surface area contributed by atoms with E-state index in [4.69, 9.17) is 4.74 Å². The van der Waals surface area contributed by atoms with Crippen LogP contribution in [0.2, 0.25) is 0 Å². The number of likely N-dealkylation sites (tertiary alicyclic amines) is 1. The summed E-state index contributed by atoms with van der Waals surface area (Å²) in [7, 11) is 6.81. The number of methoxy groups -OCH3 is 1. The van der Waals surface area contributed by atoms with Crippen molar-refractivity contribution in [3.63, 3.8) is 0 Å². The monoisotopic (exact) mass is 545 g/mol. The van der Waals surface area contributed by atoms with Gasteiger partial charge in [0, 0.05) is 47.2 Å². The second-order valence-electron chi connectivity index (χ2n) is 7.76. The van der Waals surface area contributed by atoms with Gasteiger partial charge >= 0.3 is 0 Å². The number of aliphatic imine (C=N–C) groups is 1. The highest BCUT2D eigenvalue weighted by Crippen LogP contribution is 2.20. The lowest BCUT2D eigenvalue weighted by molar-refractivity contribution is -0.127. The van der Waals surface area contributed by atoms with Crippen molar-refractivity contribution >= 4 is 41.8 Å². The second kappa shape index (κ2) is 14.1. The maximum Gasteiger partial charge on any atom is 0.243 e. The molecule has 1 aromatic rings. The maximum absolute atomic E-state index is 12.0. The average molecular weight is 545 g/mol. The fraction of sp³-hybridized carbons (Fsp3) is 0.591. The molecule has 1 aliphatic rings. The van der Waals surface area contributed by atoms with E-state index in [9.17, 15) is 9.59 Å². The number of halogens is 1. The number of rotatable bonds is 8. The van der Waals surface area contributed by atoms with Gasteiger partial charge in [-0.3, -0.25) is 9.59 Å². The SMILES string of the molecule is CNC(=O)CC1CCN(C(=NCC(=O)N(C)C)NCCc2ccc(OC)cc2)CC1.I. The van der Waals surface area contributed by atoms with Gasteiger partial charge in [0.1, 0.15) is 12.3 Å². The summed E-state index contributed by atoms with van der Waals surface area (Å²) in [5.41, 5.74) is 1.20. The molecule has 2 N–H and O–H groups in total. The number of hydrogen-bond acceptors (Lipinski definition) is 4. The van der Waals surface area contributed by atoms with E-state index in [1.807, 2.05) is 12.1 Å². The molecule has 9 heteroatoms. The summed E-state index contributed by atoms with van der Waals surface area (Å²) < 4.78 is 5.20. The minimum atomic E-state index is -0.0287. The van der Waals surface area contributed by atoms with Gasteiger partial charge in [0.2, 0.25) is 11.8 Å². The van der Waals surface area contributed by atoms with Crippen LogP contribution in [0.15, 0.2) is 29.3 Å². The molecule has 8 nitrogen and oxygen atoms in total. The summed E-state index contributed by atoms with van der Waals surface area (Å²) in [4.78, 5) is 32.0. The summed E-state index contributed by atoms with van der Waals surface area (Å²) in [6.45, 7) is 2.49. The number of amides is 2. The molecule has 1 fully saturated rings. The molecule has 1 heterocycles. The maximum atomic E-state index is 12.0. The first-order valence-corrected chi connectivity index (χ1v) is 10.5. The Balaban J connectivity index is 0.00000480. The third-order valence-electron chi connectivity index (χ3n) is 5.39. The first kappa shape index (κ1) is 27.0. The third kappa shape index (κ3) is 9.32. The summed E-state index contributed by atoms with van der Waals surface area (Å²) >= 11 is 0. The van der Waals surface area contributed by atoms with Crippen molar-refractivity contribution in [2.45, 2.75) is 25.7 Å². The number of nitrogens with zero attached hydrogens (tertiary/aromatic N) is 3. The molecule has 0 atom stereocenters. The van der Waals surface area contributed by atoms with E-state index in [0.717, 1.165) is 50.6 Å². The molecule has 0 aromatic heterocycles. The van der Waals surface area contributed by atoms with Crippen LogP contribution in [0.25, 0.3) is 0 Å². The van der Waals surface area contributed by atoms with Gasteiger partial charge < -0.3 is 25.2 Å². The fourth-order valence-corrected chi connectivity index (χ4v) is 3.38. The largest absolute Gasteiger partial charge is 0.497 e. The number of nitrogens with one attached hydrogen (secondary N) is 2. The van der Waals surface area contributed by atoms with Gasteiger partial charge in [-0.25, -0.2) is 4.99 Å². The lowest BCUT2D eigenvalue weighted by Crippen LogP contribution is -2.47. The van der Waals surface area contributed by atoms with E-state index in [1.165, 1.54) is 5.56 Å². The van der Waals surface area contributed by atoms with E-state index in [0.29, 0.717) is 12.3 Å². The quantitative estimate of drug-likeness (QED) is 0.296. The average Bonchev–Trinajstić information content (AvgIpc) is 2.76. The van der Waals surface area contributed by atoms with Gasteiger partial charge in [-0.2, -0.15) is 0 Å². The Morgan fingerprint density at radius 3 is 2.39 bits per heavy atom. The number of benzene rings is 1. The van der Waals surface area contributed by atoms with E-state index < -0.39 is 0 Å². The Morgan fingerprint density at radius 1 is 1.19 bits per heavy atom. The number of piperidine rings is 1. The molecule has 1 aromatic carbocycles. The Labute approximate surface area is 202 Å². The predicted molar refractivity (Wildman–Crippen MR) is 134 cm³/mol. The molecule has 2 amide bonds. The molecule has 0 spiro atoms. The van der Waals surface area contributed by atoms with Gasteiger partial charge in [-0.15, -0.1) is 24.0 Å². The zero-order chi connectivity index (χ0) is 21.9. The highest BCUT2D eigenvalue weighted by atomic mass is 127. The summed E-state index contributed by atoms with van der Waals surface area (Å²) in [5.74, 6) is 2.06. The molecular formula is C22H36IN5O3. The summed E-state index contributed by atoms with van der Waals surface area (Å²) in [5, 5.41) is 6.12. The third-order valence-corrected chi connectivity index (χ3v) is 5.39. The van der Waals surface area contributed by atoms with Crippen LogP contribution in [0.4, 0.5) is 0 Å². The van der Waals surface area contributed by atoms with Crippen LogP contribution in [0.5, 0.6) is 5.75 Å². The number of hydrogen-bond donors (Lipinski definition) is 2. The molecule has 174 valence electrons. The normalized spacial score (nSPS) is 14.5. The van der Waals surface area contributed by atoms with Crippen molar-refractivity contribution in [1.29, 1.82) is 0 Å². The zero-order valence-electron chi connectivity index (χ0n) is 19.0. The van der Waals surface area contributed by atoms with Gasteiger partial charge in [0.05, 0.1) is 7.11 Å². The summed E-state index contributed by atoms with van der Waals surface area (Å²) in [6.07, 6.45) is 3.29. The molecule has 0 aliphatic carbocycles. The minimum absolute atomic E-state index is 0. The van der Waals surface area contributed by atoms with Crippen molar-refractivity contribution < 1.29 is 14.3 Å². The van der Waals surface area contributed by atoms with Crippen LogP contribution in [0.3, 0.4) is 0 Å². The van der Waals surface area contributed by atoms with Crippen LogP contribution in [-0.4, -0.2) is 82.0 Å². The number of ether oxygens (including phenoxy) is 1. The van der Waals surface area contributed by atoms with Crippen LogP contribution < -0.4 is 15.4 Å². The predicted octanol–water partition coefficient (Wildman–Crippen LogP) is 1.74. The highest BCUT2D eigenvalue weighted by Gasteiger charge is 2.23. The molecule has 0 unspecified atom stereocenters. The minimum Gasteiger partial charge on any atom is -0.497 e. The van der Waals surface area contributed by atoms with E-state index in [-0.39, 0.29) is 42.3 Å². The van der Waals surface area contributed by atoms with Crippen molar-refractivity contribution in [2.75, 3.05) is 54.4 Å². The van der Waals surface area contributed by atoms with Crippen molar-refractivity contribution in [3.8, 4) is 5.75 Å². The number of guanidine groups is 1. The van der Waals surface area contributed by atoms with Crippen LogP contribution >= 0.6 is 24.0 Å². The zero-order valence-corrected chi connectivity index (χ0v) is 21.3. The Hall–Kier alpha value is -2.04. The van der Waals surface area contributed by atoms with E-state index in [1.54, 1.807) is 33.2 Å². The Morgan fingerprint density at radius 2 is 1.84 bits per heavy atom. The molecule has 0 radical (unpaired) electrons. The Kier molecular flexibility index (Phi) is 12.3. The molecule has 1 saturated heterocycles.